The number of piperidine rings is 1. The number of hydrogen-bond donors (Lipinski definition) is 1. The van der Waals surface area contributed by atoms with Gasteiger partial charge in [-0.2, -0.15) is 0 Å². The van der Waals surface area contributed by atoms with Gasteiger partial charge in [-0.3, -0.25) is 0 Å². The first kappa shape index (κ1) is 9.96. The zero-order valence-corrected chi connectivity index (χ0v) is 8.01. The van der Waals surface area contributed by atoms with Crippen LogP contribution in [0.4, 0.5) is 0 Å². The minimum absolute atomic E-state index is 0.215. The Morgan fingerprint density at radius 1 is 1.58 bits per heavy atom. The van der Waals surface area contributed by atoms with E-state index in [4.69, 9.17) is 9.47 Å². The molecule has 1 fully saturated rings. The number of methoxy groups -OCH3 is 1. The number of ether oxygens (including phenoxy) is 2. The van der Waals surface area contributed by atoms with Gasteiger partial charge in [-0.25, -0.2) is 0 Å². The summed E-state index contributed by atoms with van der Waals surface area (Å²) in [6, 6.07) is 0. The van der Waals surface area contributed by atoms with E-state index < -0.39 is 0 Å². The van der Waals surface area contributed by atoms with E-state index in [0.717, 1.165) is 13.1 Å². The Labute approximate surface area is 74.4 Å². The molecule has 1 N–H and O–H groups in total. The van der Waals surface area contributed by atoms with Gasteiger partial charge in [-0.05, 0) is 26.3 Å². The molecule has 0 aliphatic carbocycles. The van der Waals surface area contributed by atoms with Crippen molar-refractivity contribution in [1.82, 2.24) is 5.32 Å². The van der Waals surface area contributed by atoms with Crippen LogP contribution in [0.1, 0.15) is 19.8 Å². The van der Waals surface area contributed by atoms with Crippen LogP contribution in [0.25, 0.3) is 0 Å². The van der Waals surface area contributed by atoms with E-state index >= 15 is 0 Å². The van der Waals surface area contributed by atoms with Gasteiger partial charge < -0.3 is 14.8 Å². The molecule has 72 valence electrons. The maximum Gasteiger partial charge on any atom is 0.0776 e. The molecular weight excluding hydrogens is 154 g/mol. The van der Waals surface area contributed by atoms with Crippen LogP contribution >= 0.6 is 0 Å². The molecule has 1 saturated heterocycles. The molecule has 1 rings (SSSR count). The van der Waals surface area contributed by atoms with E-state index in [1.165, 1.54) is 12.8 Å². The van der Waals surface area contributed by atoms with Crippen molar-refractivity contribution in [3.63, 3.8) is 0 Å². The van der Waals surface area contributed by atoms with Crippen LogP contribution in [0, 0.1) is 0 Å². The molecule has 12 heavy (non-hydrogen) atoms. The zero-order chi connectivity index (χ0) is 8.81. The lowest BCUT2D eigenvalue weighted by Crippen LogP contribution is -2.36. The Hall–Kier alpha value is -0.120. The van der Waals surface area contributed by atoms with Gasteiger partial charge in [0.2, 0.25) is 0 Å². The van der Waals surface area contributed by atoms with Crippen molar-refractivity contribution in [3.05, 3.63) is 0 Å². The van der Waals surface area contributed by atoms with Gasteiger partial charge in [-0.1, -0.05) is 0 Å². The van der Waals surface area contributed by atoms with Crippen molar-refractivity contribution in [2.75, 3.05) is 26.8 Å². The standard InChI is InChI=1S/C9H19NO2/c1-8(11-2)7-12-9-4-3-5-10-6-9/h8-10H,3-7H2,1-2H3/t8?,9-/m0/s1. The maximum absolute atomic E-state index is 5.65. The zero-order valence-electron chi connectivity index (χ0n) is 8.01. The highest BCUT2D eigenvalue weighted by molar-refractivity contribution is 4.68. The smallest absolute Gasteiger partial charge is 0.0776 e. The molecular formula is C9H19NO2. The van der Waals surface area contributed by atoms with Gasteiger partial charge in [0.15, 0.2) is 0 Å². The van der Waals surface area contributed by atoms with E-state index in [2.05, 4.69) is 5.32 Å². The summed E-state index contributed by atoms with van der Waals surface area (Å²) in [7, 11) is 1.72. The van der Waals surface area contributed by atoms with Gasteiger partial charge in [-0.15, -0.1) is 0 Å². The van der Waals surface area contributed by atoms with Gasteiger partial charge in [0.25, 0.3) is 0 Å². The summed E-state index contributed by atoms with van der Waals surface area (Å²) in [5.74, 6) is 0. The minimum Gasteiger partial charge on any atom is -0.379 e. The SMILES string of the molecule is COC(C)CO[C@H]1CCCNC1. The van der Waals surface area contributed by atoms with Crippen LogP contribution in [0.3, 0.4) is 0 Å². The lowest BCUT2D eigenvalue weighted by atomic mass is 10.1. The molecule has 3 nitrogen and oxygen atoms in total. The highest BCUT2D eigenvalue weighted by Gasteiger charge is 2.13. The normalized spacial score (nSPS) is 27.0. The van der Waals surface area contributed by atoms with Crippen LogP contribution < -0.4 is 5.32 Å². The van der Waals surface area contributed by atoms with E-state index in [9.17, 15) is 0 Å². The summed E-state index contributed by atoms with van der Waals surface area (Å²) < 4.78 is 10.7. The third kappa shape index (κ3) is 3.52. The first-order valence-corrected chi connectivity index (χ1v) is 4.68. The third-order valence-corrected chi connectivity index (χ3v) is 2.22. The summed E-state index contributed by atoms with van der Waals surface area (Å²) >= 11 is 0. The first-order chi connectivity index (χ1) is 5.83. The molecule has 2 atom stereocenters. The fourth-order valence-corrected chi connectivity index (χ4v) is 1.30. The average molecular weight is 173 g/mol. The van der Waals surface area contributed by atoms with Crippen molar-refractivity contribution >= 4 is 0 Å². The fraction of sp³-hybridized carbons (Fsp3) is 1.00. The van der Waals surface area contributed by atoms with Gasteiger partial charge in [0.1, 0.15) is 0 Å². The average Bonchev–Trinajstić information content (AvgIpc) is 2.16. The Morgan fingerprint density at radius 2 is 2.42 bits per heavy atom. The van der Waals surface area contributed by atoms with Crippen LogP contribution in [0.15, 0.2) is 0 Å². The van der Waals surface area contributed by atoms with E-state index in [1.54, 1.807) is 7.11 Å². The Bertz CT molecular complexity index is 113. The largest absolute Gasteiger partial charge is 0.379 e. The second kappa shape index (κ2) is 5.51. The van der Waals surface area contributed by atoms with E-state index in [0.29, 0.717) is 12.7 Å². The molecule has 1 heterocycles. The molecule has 0 radical (unpaired) electrons. The van der Waals surface area contributed by atoms with Crippen LogP contribution in [-0.2, 0) is 9.47 Å². The predicted octanol–water partition coefficient (Wildman–Crippen LogP) is 0.790. The first-order valence-electron chi connectivity index (χ1n) is 4.68. The van der Waals surface area contributed by atoms with Crippen LogP contribution in [-0.4, -0.2) is 39.0 Å². The number of nitrogens with one attached hydrogen (secondary N) is 1. The van der Waals surface area contributed by atoms with Crippen molar-refractivity contribution in [3.8, 4) is 0 Å². The lowest BCUT2D eigenvalue weighted by Gasteiger charge is -2.24. The monoisotopic (exact) mass is 173 g/mol. The second-order valence-electron chi connectivity index (χ2n) is 3.35. The van der Waals surface area contributed by atoms with Gasteiger partial charge in [0, 0.05) is 13.7 Å². The molecule has 1 aliphatic heterocycles. The fourth-order valence-electron chi connectivity index (χ4n) is 1.30. The predicted molar refractivity (Wildman–Crippen MR) is 48.3 cm³/mol. The Morgan fingerprint density at radius 3 is 3.00 bits per heavy atom. The van der Waals surface area contributed by atoms with Gasteiger partial charge >= 0.3 is 0 Å². The van der Waals surface area contributed by atoms with Crippen molar-refractivity contribution in [2.24, 2.45) is 0 Å². The number of rotatable bonds is 4. The highest BCUT2D eigenvalue weighted by Crippen LogP contribution is 2.06. The third-order valence-electron chi connectivity index (χ3n) is 2.22. The van der Waals surface area contributed by atoms with Crippen LogP contribution in [0.5, 0.6) is 0 Å². The van der Waals surface area contributed by atoms with Crippen molar-refractivity contribution in [2.45, 2.75) is 32.0 Å². The summed E-state index contributed by atoms with van der Waals surface area (Å²) in [4.78, 5) is 0. The van der Waals surface area contributed by atoms with Crippen molar-refractivity contribution in [1.29, 1.82) is 0 Å². The lowest BCUT2D eigenvalue weighted by molar-refractivity contribution is -0.0270. The number of hydrogen-bond acceptors (Lipinski definition) is 3. The topological polar surface area (TPSA) is 30.5 Å². The molecule has 0 aromatic rings. The van der Waals surface area contributed by atoms with Crippen molar-refractivity contribution < 1.29 is 9.47 Å². The van der Waals surface area contributed by atoms with E-state index in [1.807, 2.05) is 6.92 Å². The highest BCUT2D eigenvalue weighted by atomic mass is 16.5. The molecule has 3 heteroatoms. The van der Waals surface area contributed by atoms with E-state index in [-0.39, 0.29) is 6.10 Å². The molecule has 0 bridgehead atoms. The second-order valence-corrected chi connectivity index (χ2v) is 3.35. The minimum atomic E-state index is 0.215. The molecule has 1 aliphatic rings. The van der Waals surface area contributed by atoms with Crippen LogP contribution in [0.2, 0.25) is 0 Å². The molecule has 0 aromatic heterocycles. The summed E-state index contributed by atoms with van der Waals surface area (Å²) in [6.07, 6.45) is 3.03. The Balaban J connectivity index is 2.05. The summed E-state index contributed by atoms with van der Waals surface area (Å²) in [6.45, 7) is 4.87. The summed E-state index contributed by atoms with van der Waals surface area (Å²) in [5.41, 5.74) is 0. The summed E-state index contributed by atoms with van der Waals surface area (Å²) in [5, 5.41) is 3.31. The molecule has 0 saturated carbocycles. The molecule has 0 amide bonds. The van der Waals surface area contributed by atoms with Gasteiger partial charge in [0.05, 0.1) is 18.8 Å². The quantitative estimate of drug-likeness (QED) is 0.682. The molecule has 0 aromatic carbocycles. The molecule has 0 spiro atoms. The maximum atomic E-state index is 5.65. The Kier molecular flexibility index (Phi) is 4.58. The molecule has 1 unspecified atom stereocenters.